The molecule has 0 aromatic carbocycles. The lowest BCUT2D eigenvalue weighted by Gasteiger charge is -2.35. The summed E-state index contributed by atoms with van der Waals surface area (Å²) >= 11 is 0. The number of hydrogen-bond acceptors (Lipinski definition) is 4. The highest BCUT2D eigenvalue weighted by atomic mass is 16.6. The summed E-state index contributed by atoms with van der Waals surface area (Å²) in [6.45, 7) is 5.22. The molecule has 2 bridgehead atoms. The van der Waals surface area contributed by atoms with E-state index in [1.165, 1.54) is 4.90 Å². The molecule has 2 N–H and O–H groups in total. The highest BCUT2D eigenvalue weighted by Gasteiger charge is 2.56. The number of aliphatic hydroxyl groups excluding tert-OH is 1. The van der Waals surface area contributed by atoms with Gasteiger partial charge in [-0.15, -0.1) is 0 Å². The molecule has 4 atom stereocenters. The van der Waals surface area contributed by atoms with Gasteiger partial charge in [0.25, 0.3) is 0 Å². The third kappa shape index (κ3) is 2.16. The van der Waals surface area contributed by atoms with Crippen molar-refractivity contribution in [2.45, 2.75) is 57.4 Å². The van der Waals surface area contributed by atoms with Crippen LogP contribution in [-0.4, -0.2) is 51.0 Å². The number of aliphatic hydroxyl groups is 1. The molecule has 6 heteroatoms. The van der Waals surface area contributed by atoms with E-state index in [4.69, 9.17) is 4.74 Å². The molecule has 6 nitrogen and oxygen atoms in total. The maximum absolute atomic E-state index is 12.0. The van der Waals surface area contributed by atoms with Gasteiger partial charge in [-0.05, 0) is 33.6 Å². The molecule has 2 aliphatic rings. The number of hydrogen-bond donors (Lipinski definition) is 2. The molecule has 0 spiro atoms. The number of carbonyl (C=O) groups excluding carboxylic acids is 1. The van der Waals surface area contributed by atoms with Crippen LogP contribution >= 0.6 is 0 Å². The molecule has 1 aliphatic heterocycles. The van der Waals surface area contributed by atoms with Crippen LogP contribution in [0.3, 0.4) is 0 Å². The number of amides is 1. The molecule has 102 valence electrons. The van der Waals surface area contributed by atoms with Crippen molar-refractivity contribution in [2.75, 3.05) is 0 Å². The third-order valence-corrected chi connectivity index (χ3v) is 3.51. The van der Waals surface area contributed by atoms with Crippen LogP contribution in [0.2, 0.25) is 0 Å². The second-order valence-electron chi connectivity index (χ2n) is 6.03. The Balaban J connectivity index is 2.17. The number of rotatable bonds is 1. The zero-order valence-corrected chi connectivity index (χ0v) is 10.8. The Kier molecular flexibility index (Phi) is 3.01. The SMILES string of the molecule is CC(C)(C)OC(=O)N1C2CC(O)C(C2)C1C(=O)O. The van der Waals surface area contributed by atoms with E-state index < -0.39 is 29.8 Å². The van der Waals surface area contributed by atoms with E-state index in [1.54, 1.807) is 20.8 Å². The van der Waals surface area contributed by atoms with Crippen LogP contribution in [0.4, 0.5) is 4.79 Å². The lowest BCUT2D eigenvalue weighted by atomic mass is 9.96. The zero-order chi connectivity index (χ0) is 13.7. The first-order valence-electron chi connectivity index (χ1n) is 6.13. The average Bonchev–Trinajstić information content (AvgIpc) is 2.69. The minimum Gasteiger partial charge on any atom is -0.480 e. The number of likely N-dealkylation sites (tertiary alicyclic amines) is 1. The van der Waals surface area contributed by atoms with Gasteiger partial charge in [0.2, 0.25) is 0 Å². The number of fused-ring (bicyclic) bond motifs is 2. The Morgan fingerprint density at radius 2 is 1.89 bits per heavy atom. The molecule has 1 heterocycles. The van der Waals surface area contributed by atoms with Gasteiger partial charge in [0.1, 0.15) is 11.6 Å². The van der Waals surface area contributed by atoms with Gasteiger partial charge in [0.15, 0.2) is 0 Å². The summed E-state index contributed by atoms with van der Waals surface area (Å²) in [6, 6.07) is -1.19. The van der Waals surface area contributed by atoms with E-state index in [1.807, 2.05) is 0 Å². The number of piperidine rings is 1. The van der Waals surface area contributed by atoms with Crippen molar-refractivity contribution < 1.29 is 24.5 Å². The first kappa shape index (κ1) is 13.1. The zero-order valence-electron chi connectivity index (χ0n) is 10.8. The molecule has 1 aliphatic carbocycles. The molecule has 4 unspecified atom stereocenters. The normalized spacial score (nSPS) is 34.8. The molecule has 2 fully saturated rings. The largest absolute Gasteiger partial charge is 0.480 e. The number of carboxylic acids is 1. The highest BCUT2D eigenvalue weighted by Crippen LogP contribution is 2.43. The molecular weight excluding hydrogens is 238 g/mol. The standard InChI is InChI=1S/C12H19NO5/c1-12(2,3)18-11(17)13-6-4-7(8(14)5-6)9(13)10(15)16/h6-9,14H,4-5H2,1-3H3,(H,15,16). The summed E-state index contributed by atoms with van der Waals surface area (Å²) in [6.07, 6.45) is -0.255. The molecule has 0 radical (unpaired) electrons. The molecule has 1 saturated carbocycles. The van der Waals surface area contributed by atoms with Gasteiger partial charge in [-0.1, -0.05) is 0 Å². The van der Waals surface area contributed by atoms with Crippen molar-refractivity contribution in [3.05, 3.63) is 0 Å². The molecule has 1 saturated heterocycles. The topological polar surface area (TPSA) is 87.1 Å². The summed E-state index contributed by atoms with van der Waals surface area (Å²) in [4.78, 5) is 24.6. The summed E-state index contributed by atoms with van der Waals surface area (Å²) in [5.41, 5.74) is -0.652. The molecular formula is C12H19NO5. The molecule has 18 heavy (non-hydrogen) atoms. The van der Waals surface area contributed by atoms with Gasteiger partial charge in [-0.2, -0.15) is 0 Å². The van der Waals surface area contributed by atoms with Gasteiger partial charge in [0.05, 0.1) is 6.10 Å². The van der Waals surface area contributed by atoms with E-state index in [0.29, 0.717) is 12.8 Å². The van der Waals surface area contributed by atoms with Gasteiger partial charge in [-0.25, -0.2) is 9.59 Å². The van der Waals surface area contributed by atoms with Crippen LogP contribution in [0.5, 0.6) is 0 Å². The third-order valence-electron chi connectivity index (χ3n) is 3.51. The fourth-order valence-electron chi connectivity index (χ4n) is 2.90. The Labute approximate surface area is 106 Å². The maximum atomic E-state index is 12.0. The molecule has 0 aromatic rings. The van der Waals surface area contributed by atoms with Crippen LogP contribution < -0.4 is 0 Å². The van der Waals surface area contributed by atoms with Crippen molar-refractivity contribution in [2.24, 2.45) is 5.92 Å². The Morgan fingerprint density at radius 3 is 2.39 bits per heavy atom. The van der Waals surface area contributed by atoms with Crippen molar-refractivity contribution in [3.63, 3.8) is 0 Å². The molecule has 1 amide bonds. The predicted octanol–water partition coefficient (Wildman–Crippen LogP) is 0.830. The first-order chi connectivity index (χ1) is 8.20. The van der Waals surface area contributed by atoms with E-state index in [2.05, 4.69) is 0 Å². The minimum absolute atomic E-state index is 0.221. The lowest BCUT2D eigenvalue weighted by molar-refractivity contribution is -0.147. The number of ether oxygens (including phenoxy) is 1. The van der Waals surface area contributed by atoms with Crippen LogP contribution in [0, 0.1) is 5.92 Å². The second kappa shape index (κ2) is 4.12. The van der Waals surface area contributed by atoms with Gasteiger partial charge < -0.3 is 14.9 Å². The van der Waals surface area contributed by atoms with Crippen molar-refractivity contribution in [1.82, 2.24) is 4.90 Å². The minimum atomic E-state index is -1.08. The van der Waals surface area contributed by atoms with Crippen LogP contribution in [0.15, 0.2) is 0 Å². The van der Waals surface area contributed by atoms with Crippen molar-refractivity contribution in [3.8, 4) is 0 Å². The monoisotopic (exact) mass is 257 g/mol. The number of carbonyl (C=O) groups is 2. The predicted molar refractivity (Wildman–Crippen MR) is 62.0 cm³/mol. The Morgan fingerprint density at radius 1 is 1.28 bits per heavy atom. The smallest absolute Gasteiger partial charge is 0.411 e. The maximum Gasteiger partial charge on any atom is 0.411 e. The van der Waals surface area contributed by atoms with Crippen LogP contribution in [0.1, 0.15) is 33.6 Å². The van der Waals surface area contributed by atoms with Crippen LogP contribution in [-0.2, 0) is 9.53 Å². The number of nitrogens with zero attached hydrogens (tertiary/aromatic N) is 1. The van der Waals surface area contributed by atoms with Gasteiger partial charge in [-0.3, -0.25) is 4.90 Å². The fraction of sp³-hybridized carbons (Fsp3) is 0.833. The first-order valence-corrected chi connectivity index (χ1v) is 6.13. The highest BCUT2D eigenvalue weighted by molar-refractivity contribution is 5.82. The molecule has 2 rings (SSSR count). The fourth-order valence-corrected chi connectivity index (χ4v) is 2.90. The summed E-state index contributed by atoms with van der Waals surface area (Å²) in [7, 11) is 0. The Bertz CT molecular complexity index is 375. The van der Waals surface area contributed by atoms with Gasteiger partial charge >= 0.3 is 12.1 Å². The number of aliphatic carboxylic acids is 1. The van der Waals surface area contributed by atoms with E-state index in [0.717, 1.165) is 0 Å². The summed E-state index contributed by atoms with van der Waals surface area (Å²) in [5, 5.41) is 18.9. The summed E-state index contributed by atoms with van der Waals surface area (Å²) in [5.74, 6) is -1.45. The average molecular weight is 257 g/mol. The lowest BCUT2D eigenvalue weighted by Crippen LogP contribution is -2.53. The van der Waals surface area contributed by atoms with E-state index in [-0.39, 0.29) is 12.0 Å². The Hall–Kier alpha value is -1.30. The summed E-state index contributed by atoms with van der Waals surface area (Å²) < 4.78 is 5.23. The quantitative estimate of drug-likeness (QED) is 0.726. The number of carboxylic acid groups (broad SMARTS) is 1. The van der Waals surface area contributed by atoms with Crippen molar-refractivity contribution >= 4 is 12.1 Å². The van der Waals surface area contributed by atoms with E-state index >= 15 is 0 Å². The van der Waals surface area contributed by atoms with E-state index in [9.17, 15) is 19.8 Å². The second-order valence-corrected chi connectivity index (χ2v) is 6.03. The van der Waals surface area contributed by atoms with Crippen molar-refractivity contribution in [1.29, 1.82) is 0 Å². The van der Waals surface area contributed by atoms with Gasteiger partial charge in [0, 0.05) is 12.0 Å². The van der Waals surface area contributed by atoms with Crippen LogP contribution in [0.25, 0.3) is 0 Å². The molecule has 0 aromatic heterocycles.